The van der Waals surface area contributed by atoms with Gasteiger partial charge in [0.2, 0.25) is 0 Å². The zero-order chi connectivity index (χ0) is 22.9. The van der Waals surface area contributed by atoms with Gasteiger partial charge in [-0.1, -0.05) is 12.1 Å². The van der Waals surface area contributed by atoms with E-state index in [1.165, 1.54) is 6.07 Å². The number of hydrogen-bond donors (Lipinski definition) is 1. The number of rotatable bonds is 10. The molecule has 1 atom stereocenters. The first-order chi connectivity index (χ1) is 16.0. The van der Waals surface area contributed by atoms with Gasteiger partial charge in [0, 0.05) is 17.5 Å². The average Bonchev–Trinajstić information content (AvgIpc) is 3.75. The summed E-state index contributed by atoms with van der Waals surface area (Å²) in [6.45, 7) is 0.313. The number of hydrogen-bond acceptors (Lipinski definition) is 4. The Morgan fingerprint density at radius 3 is 2.70 bits per heavy atom. The highest BCUT2D eigenvalue weighted by Gasteiger charge is 2.34. The molecule has 0 saturated heterocycles. The number of carboxylic acid groups (broad SMARTS) is 1. The lowest BCUT2D eigenvalue weighted by atomic mass is 9.91. The number of methoxy groups -OCH3 is 1. The van der Waals surface area contributed by atoms with Crippen molar-refractivity contribution in [3.63, 3.8) is 0 Å². The van der Waals surface area contributed by atoms with Crippen LogP contribution in [0.15, 0.2) is 48.7 Å². The zero-order valence-electron chi connectivity index (χ0n) is 18.5. The molecule has 6 nitrogen and oxygen atoms in total. The number of aromatic nitrogens is 2. The molecule has 0 bridgehead atoms. The summed E-state index contributed by atoms with van der Waals surface area (Å²) in [5.74, 6) is 0.934. The molecule has 5 rings (SSSR count). The lowest BCUT2D eigenvalue weighted by molar-refractivity contribution is -0.137. The Labute approximate surface area is 192 Å². The normalized spacial score (nSPS) is 16.4. The molecule has 172 valence electrons. The first-order valence-electron chi connectivity index (χ1n) is 11.4. The van der Waals surface area contributed by atoms with Crippen LogP contribution >= 0.6 is 0 Å². The first-order valence-corrected chi connectivity index (χ1v) is 11.4. The van der Waals surface area contributed by atoms with Gasteiger partial charge in [-0.3, -0.25) is 4.79 Å². The number of aliphatic carboxylic acids is 1. The molecule has 1 aromatic heterocycles. The minimum Gasteiger partial charge on any atom is -0.497 e. The standard InChI is InChI=1S/C26H27FN2O4/c1-32-20-9-10-23(27)24(12-20)29-26(17-7-8-17)19(14-28-29)15-33-21-4-2-3-18(11-21)22(13-25(30)31)16-5-6-16/h2-4,9-12,14,16-17,22H,5-8,13,15H2,1H3,(H,30,31)/t22-/m0/s1. The van der Waals surface area contributed by atoms with E-state index < -0.39 is 5.97 Å². The fraction of sp³-hybridized carbons (Fsp3) is 0.385. The molecule has 2 fully saturated rings. The molecule has 0 radical (unpaired) electrons. The molecule has 0 unspecified atom stereocenters. The quantitative estimate of drug-likeness (QED) is 0.445. The number of ether oxygens (including phenoxy) is 2. The second-order valence-electron chi connectivity index (χ2n) is 8.96. The van der Waals surface area contributed by atoms with Gasteiger partial charge in [-0.25, -0.2) is 9.07 Å². The fourth-order valence-corrected chi connectivity index (χ4v) is 4.51. The Hall–Kier alpha value is -3.35. The number of nitrogens with zero attached hydrogens (tertiary/aromatic N) is 2. The van der Waals surface area contributed by atoms with E-state index in [1.54, 1.807) is 30.1 Å². The lowest BCUT2D eigenvalue weighted by Gasteiger charge is -2.16. The summed E-state index contributed by atoms with van der Waals surface area (Å²) < 4.78 is 27.7. The summed E-state index contributed by atoms with van der Waals surface area (Å²) in [6.07, 6.45) is 6.12. The van der Waals surface area contributed by atoms with Crippen molar-refractivity contribution in [3.05, 3.63) is 71.3 Å². The molecular formula is C26H27FN2O4. The van der Waals surface area contributed by atoms with E-state index >= 15 is 0 Å². The van der Waals surface area contributed by atoms with E-state index in [-0.39, 0.29) is 18.2 Å². The van der Waals surface area contributed by atoms with Gasteiger partial charge in [-0.2, -0.15) is 5.10 Å². The summed E-state index contributed by atoms with van der Waals surface area (Å²) >= 11 is 0. The molecule has 0 amide bonds. The smallest absolute Gasteiger partial charge is 0.303 e. The number of carbonyl (C=O) groups is 1. The summed E-state index contributed by atoms with van der Waals surface area (Å²) in [5, 5.41) is 13.8. The SMILES string of the molecule is COc1ccc(F)c(-n2ncc(COc3cccc([C@@H](CC(=O)O)C4CC4)c3)c2C2CC2)c1. The van der Waals surface area contributed by atoms with Crippen molar-refractivity contribution in [2.24, 2.45) is 5.92 Å². The van der Waals surface area contributed by atoms with Gasteiger partial charge >= 0.3 is 5.97 Å². The molecule has 2 aliphatic rings. The Morgan fingerprint density at radius 2 is 2.00 bits per heavy atom. The number of halogens is 1. The lowest BCUT2D eigenvalue weighted by Crippen LogP contribution is -2.09. The van der Waals surface area contributed by atoms with Crippen LogP contribution in [-0.2, 0) is 11.4 Å². The van der Waals surface area contributed by atoms with Gasteiger partial charge in [-0.15, -0.1) is 0 Å². The molecule has 33 heavy (non-hydrogen) atoms. The van der Waals surface area contributed by atoms with Crippen LogP contribution < -0.4 is 9.47 Å². The highest BCUT2D eigenvalue weighted by molar-refractivity contribution is 5.68. The number of benzene rings is 2. The third-order valence-electron chi connectivity index (χ3n) is 6.50. The van der Waals surface area contributed by atoms with Crippen molar-refractivity contribution in [1.82, 2.24) is 9.78 Å². The van der Waals surface area contributed by atoms with Gasteiger partial charge in [-0.05, 0) is 67.3 Å². The molecular weight excluding hydrogens is 423 g/mol. The summed E-state index contributed by atoms with van der Waals surface area (Å²) in [7, 11) is 1.56. The summed E-state index contributed by atoms with van der Waals surface area (Å²) in [4.78, 5) is 11.3. The van der Waals surface area contributed by atoms with Crippen molar-refractivity contribution in [2.45, 2.75) is 50.5 Å². The van der Waals surface area contributed by atoms with E-state index in [9.17, 15) is 14.3 Å². The maximum atomic E-state index is 14.6. The molecule has 2 aromatic carbocycles. The fourth-order valence-electron chi connectivity index (χ4n) is 4.51. The van der Waals surface area contributed by atoms with Crippen LogP contribution in [0.5, 0.6) is 11.5 Å². The largest absolute Gasteiger partial charge is 0.497 e. The Morgan fingerprint density at radius 1 is 1.18 bits per heavy atom. The highest BCUT2D eigenvalue weighted by atomic mass is 19.1. The van der Waals surface area contributed by atoms with Crippen molar-refractivity contribution in [2.75, 3.05) is 7.11 Å². The minimum atomic E-state index is -0.774. The second-order valence-corrected chi connectivity index (χ2v) is 8.96. The van der Waals surface area contributed by atoms with Crippen LogP contribution in [0.1, 0.15) is 60.8 Å². The molecule has 2 saturated carbocycles. The van der Waals surface area contributed by atoms with E-state index in [2.05, 4.69) is 5.10 Å². The third kappa shape index (κ3) is 4.72. The van der Waals surface area contributed by atoms with Gasteiger partial charge in [0.25, 0.3) is 0 Å². The predicted octanol–water partition coefficient (Wildman–Crippen LogP) is 5.44. The van der Waals surface area contributed by atoms with Crippen LogP contribution in [0, 0.1) is 11.7 Å². The Kier molecular flexibility index (Phi) is 5.79. The summed E-state index contributed by atoms with van der Waals surface area (Å²) in [6, 6.07) is 12.4. The predicted molar refractivity (Wildman–Crippen MR) is 121 cm³/mol. The maximum absolute atomic E-state index is 14.6. The van der Waals surface area contributed by atoms with Crippen molar-refractivity contribution < 1.29 is 23.8 Å². The Balaban J connectivity index is 1.37. The monoisotopic (exact) mass is 450 g/mol. The molecule has 1 heterocycles. The average molecular weight is 451 g/mol. The van der Waals surface area contributed by atoms with Crippen LogP contribution in [-0.4, -0.2) is 28.0 Å². The van der Waals surface area contributed by atoms with Crippen molar-refractivity contribution >= 4 is 5.97 Å². The highest BCUT2D eigenvalue weighted by Crippen LogP contribution is 2.45. The third-order valence-corrected chi connectivity index (χ3v) is 6.50. The van der Waals surface area contributed by atoms with Crippen LogP contribution in [0.4, 0.5) is 4.39 Å². The maximum Gasteiger partial charge on any atom is 0.303 e. The Bertz CT molecular complexity index is 1170. The first kappa shape index (κ1) is 21.5. The zero-order valence-corrected chi connectivity index (χ0v) is 18.5. The minimum absolute atomic E-state index is 0.0202. The van der Waals surface area contributed by atoms with Gasteiger partial charge in [0.1, 0.15) is 29.6 Å². The van der Waals surface area contributed by atoms with E-state index in [0.717, 1.165) is 42.5 Å². The van der Waals surface area contributed by atoms with E-state index in [1.807, 2.05) is 24.3 Å². The molecule has 7 heteroatoms. The van der Waals surface area contributed by atoms with Crippen molar-refractivity contribution in [3.8, 4) is 17.2 Å². The number of carboxylic acids is 1. The van der Waals surface area contributed by atoms with Crippen molar-refractivity contribution in [1.29, 1.82) is 0 Å². The van der Waals surface area contributed by atoms with Gasteiger partial charge in [0.05, 0.1) is 25.4 Å². The topological polar surface area (TPSA) is 73.6 Å². The van der Waals surface area contributed by atoms with Gasteiger partial charge < -0.3 is 14.6 Å². The van der Waals surface area contributed by atoms with E-state index in [4.69, 9.17) is 9.47 Å². The van der Waals surface area contributed by atoms with Crippen LogP contribution in [0.3, 0.4) is 0 Å². The molecule has 2 aliphatic carbocycles. The molecule has 0 aliphatic heterocycles. The van der Waals surface area contributed by atoms with E-state index in [0.29, 0.717) is 35.6 Å². The van der Waals surface area contributed by atoms with Crippen LogP contribution in [0.25, 0.3) is 5.69 Å². The molecule has 0 spiro atoms. The second kappa shape index (κ2) is 8.89. The molecule has 3 aromatic rings. The summed E-state index contributed by atoms with van der Waals surface area (Å²) in [5.41, 5.74) is 3.27. The van der Waals surface area contributed by atoms with Crippen LogP contribution in [0.2, 0.25) is 0 Å². The molecule has 1 N–H and O–H groups in total. The van der Waals surface area contributed by atoms with Gasteiger partial charge in [0.15, 0.2) is 0 Å².